The first-order valence-electron chi connectivity index (χ1n) is 9.64. The first-order valence-corrected chi connectivity index (χ1v) is 9.64. The SMILES string of the molecule is COCCN(CC(=O)N(Cc1cccn1Cc1ccccc1)C(C)C)C(C)=O. The van der Waals surface area contributed by atoms with E-state index >= 15 is 0 Å². The first kappa shape index (κ1) is 21.7. The van der Waals surface area contributed by atoms with E-state index in [4.69, 9.17) is 4.74 Å². The molecule has 0 fully saturated rings. The molecule has 0 saturated heterocycles. The van der Waals surface area contributed by atoms with Crippen molar-refractivity contribution in [3.05, 3.63) is 59.9 Å². The quantitative estimate of drug-likeness (QED) is 0.632. The second-order valence-corrected chi connectivity index (χ2v) is 7.16. The summed E-state index contributed by atoms with van der Waals surface area (Å²) < 4.78 is 7.21. The molecule has 1 aromatic heterocycles. The summed E-state index contributed by atoms with van der Waals surface area (Å²) in [7, 11) is 1.58. The Labute approximate surface area is 167 Å². The van der Waals surface area contributed by atoms with E-state index in [1.165, 1.54) is 17.4 Å². The van der Waals surface area contributed by atoms with Gasteiger partial charge in [-0.15, -0.1) is 0 Å². The fraction of sp³-hybridized carbons (Fsp3) is 0.455. The largest absolute Gasteiger partial charge is 0.383 e. The Morgan fingerprint density at radius 2 is 1.82 bits per heavy atom. The molecule has 0 aliphatic carbocycles. The van der Waals surface area contributed by atoms with E-state index in [9.17, 15) is 9.59 Å². The highest BCUT2D eigenvalue weighted by Crippen LogP contribution is 2.13. The lowest BCUT2D eigenvalue weighted by Gasteiger charge is -2.30. The highest BCUT2D eigenvalue weighted by Gasteiger charge is 2.22. The molecule has 6 nitrogen and oxygen atoms in total. The van der Waals surface area contributed by atoms with Gasteiger partial charge in [0.2, 0.25) is 11.8 Å². The lowest BCUT2D eigenvalue weighted by atomic mass is 10.2. The number of carbonyl (C=O) groups excluding carboxylic acids is 2. The zero-order valence-corrected chi connectivity index (χ0v) is 17.3. The zero-order chi connectivity index (χ0) is 20.5. The number of nitrogens with zero attached hydrogens (tertiary/aromatic N) is 3. The van der Waals surface area contributed by atoms with Crippen molar-refractivity contribution < 1.29 is 14.3 Å². The lowest BCUT2D eigenvalue weighted by Crippen LogP contribution is -2.45. The number of carbonyl (C=O) groups is 2. The molecule has 2 aromatic rings. The molecular weight excluding hydrogens is 354 g/mol. The number of hydrogen-bond acceptors (Lipinski definition) is 3. The Hall–Kier alpha value is -2.60. The van der Waals surface area contributed by atoms with E-state index < -0.39 is 0 Å². The molecule has 0 aliphatic heterocycles. The molecule has 6 heteroatoms. The van der Waals surface area contributed by atoms with Gasteiger partial charge in [0.25, 0.3) is 0 Å². The topological polar surface area (TPSA) is 54.8 Å². The molecule has 0 aliphatic rings. The van der Waals surface area contributed by atoms with Gasteiger partial charge in [-0.05, 0) is 31.5 Å². The fourth-order valence-corrected chi connectivity index (χ4v) is 3.06. The number of rotatable bonds is 10. The van der Waals surface area contributed by atoms with Crippen LogP contribution >= 0.6 is 0 Å². The summed E-state index contributed by atoms with van der Waals surface area (Å²) in [5.41, 5.74) is 2.28. The van der Waals surface area contributed by atoms with Crippen molar-refractivity contribution in [2.45, 2.75) is 39.9 Å². The molecule has 1 aromatic carbocycles. The van der Waals surface area contributed by atoms with Crippen molar-refractivity contribution in [3.8, 4) is 0 Å². The van der Waals surface area contributed by atoms with Crippen molar-refractivity contribution >= 4 is 11.8 Å². The van der Waals surface area contributed by atoms with Gasteiger partial charge in [-0.1, -0.05) is 30.3 Å². The number of ether oxygens (including phenoxy) is 1. The Kier molecular flexibility index (Phi) is 8.26. The fourth-order valence-electron chi connectivity index (χ4n) is 3.06. The van der Waals surface area contributed by atoms with Crippen molar-refractivity contribution in [2.75, 3.05) is 26.8 Å². The highest BCUT2D eigenvalue weighted by molar-refractivity contribution is 5.84. The Bertz CT molecular complexity index is 755. The van der Waals surface area contributed by atoms with E-state index in [1.807, 2.05) is 55.3 Å². The van der Waals surface area contributed by atoms with Gasteiger partial charge in [0.15, 0.2) is 0 Å². The Morgan fingerprint density at radius 3 is 2.43 bits per heavy atom. The van der Waals surface area contributed by atoms with Crippen LogP contribution in [0.25, 0.3) is 0 Å². The molecule has 0 bridgehead atoms. The number of amides is 2. The van der Waals surface area contributed by atoms with Crippen LogP contribution in [0, 0.1) is 0 Å². The van der Waals surface area contributed by atoms with Crippen LogP contribution in [-0.2, 0) is 27.4 Å². The van der Waals surface area contributed by atoms with Crippen LogP contribution < -0.4 is 0 Å². The van der Waals surface area contributed by atoms with Gasteiger partial charge in [-0.3, -0.25) is 9.59 Å². The first-order chi connectivity index (χ1) is 13.4. The van der Waals surface area contributed by atoms with Crippen LogP contribution in [0.2, 0.25) is 0 Å². The third-order valence-electron chi connectivity index (χ3n) is 4.73. The maximum absolute atomic E-state index is 12.9. The molecule has 0 saturated carbocycles. The summed E-state index contributed by atoms with van der Waals surface area (Å²) >= 11 is 0. The van der Waals surface area contributed by atoms with Gasteiger partial charge in [-0.2, -0.15) is 0 Å². The summed E-state index contributed by atoms with van der Waals surface area (Å²) in [6.07, 6.45) is 2.03. The van der Waals surface area contributed by atoms with E-state index in [0.717, 1.165) is 12.2 Å². The van der Waals surface area contributed by atoms with E-state index in [-0.39, 0.29) is 24.4 Å². The predicted molar refractivity (Wildman–Crippen MR) is 110 cm³/mol. The summed E-state index contributed by atoms with van der Waals surface area (Å²) in [6.45, 7) is 7.63. The molecule has 2 amide bonds. The summed E-state index contributed by atoms with van der Waals surface area (Å²) in [6, 6.07) is 14.3. The van der Waals surface area contributed by atoms with Crippen LogP contribution in [0.4, 0.5) is 0 Å². The average Bonchev–Trinajstić information content (AvgIpc) is 3.10. The second-order valence-electron chi connectivity index (χ2n) is 7.16. The molecule has 0 N–H and O–H groups in total. The van der Waals surface area contributed by atoms with Crippen LogP contribution in [0.1, 0.15) is 32.0 Å². The maximum Gasteiger partial charge on any atom is 0.242 e. The lowest BCUT2D eigenvalue weighted by molar-refractivity contribution is -0.141. The zero-order valence-electron chi connectivity index (χ0n) is 17.3. The summed E-state index contributed by atoms with van der Waals surface area (Å²) in [4.78, 5) is 28.1. The number of benzene rings is 1. The second kappa shape index (κ2) is 10.7. The Morgan fingerprint density at radius 1 is 1.11 bits per heavy atom. The van der Waals surface area contributed by atoms with Crippen LogP contribution in [0.3, 0.4) is 0 Å². The van der Waals surface area contributed by atoms with Gasteiger partial charge in [0, 0.05) is 45.1 Å². The highest BCUT2D eigenvalue weighted by atomic mass is 16.5. The van der Waals surface area contributed by atoms with Gasteiger partial charge in [-0.25, -0.2) is 0 Å². The molecule has 2 rings (SSSR count). The normalized spacial score (nSPS) is 10.9. The standard InChI is InChI=1S/C22H31N3O3/c1-18(2)25(22(27)17-23(19(3)26)13-14-28-4)16-21-11-8-12-24(21)15-20-9-6-5-7-10-20/h5-12,18H,13-17H2,1-4H3. The van der Waals surface area contributed by atoms with E-state index in [2.05, 4.69) is 16.7 Å². The maximum atomic E-state index is 12.9. The predicted octanol–water partition coefficient (Wildman–Crippen LogP) is 2.77. The summed E-state index contributed by atoms with van der Waals surface area (Å²) in [5, 5.41) is 0. The minimum Gasteiger partial charge on any atom is -0.383 e. The number of methoxy groups -OCH3 is 1. The van der Waals surface area contributed by atoms with Crippen LogP contribution in [0.15, 0.2) is 48.7 Å². The monoisotopic (exact) mass is 385 g/mol. The number of hydrogen-bond donors (Lipinski definition) is 0. The minimum atomic E-state index is -0.124. The molecule has 0 unspecified atom stereocenters. The van der Waals surface area contributed by atoms with Crippen molar-refractivity contribution in [1.29, 1.82) is 0 Å². The smallest absolute Gasteiger partial charge is 0.242 e. The average molecular weight is 386 g/mol. The van der Waals surface area contributed by atoms with Gasteiger partial charge in [0.05, 0.1) is 19.7 Å². The van der Waals surface area contributed by atoms with Crippen molar-refractivity contribution in [2.24, 2.45) is 0 Å². The third kappa shape index (κ3) is 6.23. The van der Waals surface area contributed by atoms with Gasteiger partial charge >= 0.3 is 0 Å². The molecule has 0 atom stereocenters. The molecule has 0 spiro atoms. The van der Waals surface area contributed by atoms with Gasteiger partial charge < -0.3 is 19.1 Å². The molecule has 1 heterocycles. The van der Waals surface area contributed by atoms with E-state index in [1.54, 1.807) is 7.11 Å². The number of aromatic nitrogens is 1. The van der Waals surface area contributed by atoms with Crippen molar-refractivity contribution in [1.82, 2.24) is 14.4 Å². The van der Waals surface area contributed by atoms with E-state index in [0.29, 0.717) is 19.7 Å². The molecule has 152 valence electrons. The Balaban J connectivity index is 2.09. The summed E-state index contributed by atoms with van der Waals surface area (Å²) in [5.74, 6) is -0.185. The van der Waals surface area contributed by atoms with Crippen LogP contribution in [-0.4, -0.2) is 59.0 Å². The van der Waals surface area contributed by atoms with Crippen molar-refractivity contribution in [3.63, 3.8) is 0 Å². The molecule has 0 radical (unpaired) electrons. The molecular formula is C22H31N3O3. The molecule has 28 heavy (non-hydrogen) atoms. The van der Waals surface area contributed by atoms with Gasteiger partial charge in [0.1, 0.15) is 0 Å². The van der Waals surface area contributed by atoms with Crippen LogP contribution in [0.5, 0.6) is 0 Å². The minimum absolute atomic E-state index is 0.0313. The third-order valence-corrected chi connectivity index (χ3v) is 4.73.